The lowest BCUT2D eigenvalue weighted by Gasteiger charge is -2.33. The number of ether oxygens (including phenoxy) is 2. The summed E-state index contributed by atoms with van der Waals surface area (Å²) in [4.78, 5) is 18.5. The van der Waals surface area contributed by atoms with E-state index >= 15 is 0 Å². The second kappa shape index (κ2) is 8.16. The molecule has 0 N–H and O–H groups in total. The number of nitrogens with zero attached hydrogens (tertiary/aromatic N) is 1. The second-order valence-corrected chi connectivity index (χ2v) is 8.70. The molecule has 1 atom stereocenters. The zero-order valence-corrected chi connectivity index (χ0v) is 18.4. The fraction of sp³-hybridized carbons (Fsp3) is 0.231. The summed E-state index contributed by atoms with van der Waals surface area (Å²) in [5.41, 5.74) is 4.41. The minimum atomic E-state index is -0.219. The van der Waals surface area contributed by atoms with E-state index in [-0.39, 0.29) is 11.7 Å². The van der Waals surface area contributed by atoms with Crippen LogP contribution >= 0.6 is 11.3 Å². The number of allylic oxidation sites excluding steroid dienone is 5. The van der Waals surface area contributed by atoms with E-state index in [1.54, 1.807) is 17.6 Å². The first-order valence-corrected chi connectivity index (χ1v) is 11.4. The Balaban J connectivity index is 1.68. The van der Waals surface area contributed by atoms with Gasteiger partial charge in [0.15, 0.2) is 5.78 Å². The van der Waals surface area contributed by atoms with Crippen LogP contribution in [0.4, 0.5) is 0 Å². The molecule has 4 nitrogen and oxygen atoms in total. The molecule has 1 unspecified atom stereocenters. The first-order valence-electron chi connectivity index (χ1n) is 10.5. The van der Waals surface area contributed by atoms with E-state index < -0.39 is 0 Å². The maximum Gasteiger partial charge on any atom is 0.192 e. The lowest BCUT2D eigenvalue weighted by atomic mass is 9.75. The summed E-state index contributed by atoms with van der Waals surface area (Å²) in [5.74, 6) is 1.38. The quantitative estimate of drug-likeness (QED) is 0.357. The normalized spacial score (nSPS) is 20.3. The van der Waals surface area contributed by atoms with E-state index in [0.717, 1.165) is 37.9 Å². The van der Waals surface area contributed by atoms with Crippen LogP contribution in [0.5, 0.6) is 0 Å². The topological polar surface area (TPSA) is 48.4 Å². The number of hydrogen-bond acceptors (Lipinski definition) is 5. The summed E-state index contributed by atoms with van der Waals surface area (Å²) >= 11 is 1.64. The summed E-state index contributed by atoms with van der Waals surface area (Å²) in [5, 5.41) is 0.896. The molecule has 0 amide bonds. The second-order valence-electron chi connectivity index (χ2n) is 7.67. The number of carbonyl (C=O) groups is 1. The fourth-order valence-electron chi connectivity index (χ4n) is 4.32. The van der Waals surface area contributed by atoms with Crippen LogP contribution < -0.4 is 0 Å². The molecule has 1 aliphatic heterocycles. The highest BCUT2D eigenvalue weighted by Gasteiger charge is 2.40. The van der Waals surface area contributed by atoms with Crippen molar-refractivity contribution < 1.29 is 14.3 Å². The fourth-order valence-corrected chi connectivity index (χ4v) is 5.41. The number of aromatic nitrogens is 1. The van der Waals surface area contributed by atoms with Crippen molar-refractivity contribution >= 4 is 32.9 Å². The van der Waals surface area contributed by atoms with Gasteiger partial charge in [0.2, 0.25) is 0 Å². The van der Waals surface area contributed by atoms with Crippen LogP contribution in [0.2, 0.25) is 0 Å². The molecule has 0 saturated heterocycles. The molecular weight excluding hydrogens is 406 g/mol. The smallest absolute Gasteiger partial charge is 0.192 e. The lowest BCUT2D eigenvalue weighted by Crippen LogP contribution is -2.26. The van der Waals surface area contributed by atoms with Crippen LogP contribution in [-0.4, -0.2) is 17.4 Å². The molecule has 0 spiro atoms. The van der Waals surface area contributed by atoms with Gasteiger partial charge in [-0.1, -0.05) is 42.5 Å². The zero-order valence-electron chi connectivity index (χ0n) is 17.6. The van der Waals surface area contributed by atoms with Crippen molar-refractivity contribution in [1.82, 2.24) is 4.98 Å². The monoisotopic (exact) mass is 429 g/mol. The minimum absolute atomic E-state index is 0.00895. The largest absolute Gasteiger partial charge is 0.501 e. The molecule has 2 aromatic carbocycles. The molecule has 0 fully saturated rings. The highest BCUT2D eigenvalue weighted by molar-refractivity contribution is 7.19. The molecule has 156 valence electrons. The Morgan fingerprint density at radius 3 is 2.65 bits per heavy atom. The highest BCUT2D eigenvalue weighted by Crippen LogP contribution is 2.50. The first kappa shape index (κ1) is 19.8. The third-order valence-electron chi connectivity index (χ3n) is 5.74. The van der Waals surface area contributed by atoms with Gasteiger partial charge >= 0.3 is 0 Å². The third-order valence-corrected chi connectivity index (χ3v) is 6.81. The van der Waals surface area contributed by atoms with Gasteiger partial charge in [-0.15, -0.1) is 11.3 Å². The molecular formula is C26H23NO3S. The van der Waals surface area contributed by atoms with Gasteiger partial charge in [0.25, 0.3) is 0 Å². The Morgan fingerprint density at radius 1 is 1.10 bits per heavy atom. The summed E-state index contributed by atoms with van der Waals surface area (Å²) in [6.45, 7) is 4.44. The summed E-state index contributed by atoms with van der Waals surface area (Å²) in [6, 6.07) is 18.3. The molecule has 0 saturated carbocycles. The van der Waals surface area contributed by atoms with Crippen LogP contribution in [0.25, 0.3) is 15.8 Å². The number of para-hydroxylation sites is 1. The van der Waals surface area contributed by atoms with Gasteiger partial charge in [-0.05, 0) is 38.0 Å². The van der Waals surface area contributed by atoms with Gasteiger partial charge in [-0.25, -0.2) is 4.98 Å². The average Bonchev–Trinajstić information content (AvgIpc) is 3.22. The molecule has 1 aliphatic carbocycles. The van der Waals surface area contributed by atoms with Gasteiger partial charge in [0.05, 0.1) is 28.7 Å². The predicted octanol–water partition coefficient (Wildman–Crippen LogP) is 6.38. The van der Waals surface area contributed by atoms with E-state index in [2.05, 4.69) is 18.2 Å². The molecule has 1 aromatic heterocycles. The van der Waals surface area contributed by atoms with Crippen molar-refractivity contribution in [2.24, 2.45) is 0 Å². The Labute approximate surface area is 185 Å². The van der Waals surface area contributed by atoms with Crippen molar-refractivity contribution in [1.29, 1.82) is 0 Å². The van der Waals surface area contributed by atoms with Crippen LogP contribution in [0.1, 0.15) is 43.2 Å². The van der Waals surface area contributed by atoms with Crippen molar-refractivity contribution in [3.63, 3.8) is 0 Å². The molecule has 5 heteroatoms. The maximum absolute atomic E-state index is 13.6. The Hall–Kier alpha value is -3.18. The lowest BCUT2D eigenvalue weighted by molar-refractivity contribution is -0.113. The number of thiazole rings is 1. The van der Waals surface area contributed by atoms with Gasteiger partial charge in [0.1, 0.15) is 16.5 Å². The molecule has 5 rings (SSSR count). The zero-order chi connectivity index (χ0) is 21.4. The van der Waals surface area contributed by atoms with Crippen molar-refractivity contribution in [3.05, 3.63) is 94.1 Å². The molecule has 0 bridgehead atoms. The highest BCUT2D eigenvalue weighted by atomic mass is 32.1. The Kier molecular flexibility index (Phi) is 5.20. The van der Waals surface area contributed by atoms with E-state index in [1.807, 2.05) is 50.2 Å². The standard InChI is InChI=1S/C26H23NO3S/c1-3-29-15-18-13-14-20-24(25(18)28)23(17-9-5-4-6-10-17)22(16(2)30-20)26-27-19-11-7-8-12-21(19)31-26/h4-12,15,23H,3,13-14H2,1-2H3. The van der Waals surface area contributed by atoms with Crippen molar-refractivity contribution in [3.8, 4) is 0 Å². The van der Waals surface area contributed by atoms with E-state index in [0.29, 0.717) is 30.6 Å². The number of Topliss-reactive ketones (excluding diaryl/α,β-unsaturated/α-hetero) is 1. The number of ketones is 1. The molecule has 31 heavy (non-hydrogen) atoms. The van der Waals surface area contributed by atoms with Crippen LogP contribution in [0.3, 0.4) is 0 Å². The maximum atomic E-state index is 13.6. The molecule has 2 aliphatic rings. The average molecular weight is 430 g/mol. The predicted molar refractivity (Wildman–Crippen MR) is 123 cm³/mol. The van der Waals surface area contributed by atoms with E-state index in [1.165, 1.54) is 0 Å². The van der Waals surface area contributed by atoms with Crippen LogP contribution in [0.15, 0.2) is 83.5 Å². The summed E-state index contributed by atoms with van der Waals surface area (Å²) in [6.07, 6.45) is 2.94. The van der Waals surface area contributed by atoms with E-state index in [9.17, 15) is 4.79 Å². The number of rotatable bonds is 4. The number of hydrogen-bond donors (Lipinski definition) is 0. The van der Waals surface area contributed by atoms with Gasteiger partial charge in [0, 0.05) is 23.5 Å². The molecule has 3 aromatic rings. The Bertz CT molecular complexity index is 1220. The van der Waals surface area contributed by atoms with Gasteiger partial charge in [-0.2, -0.15) is 0 Å². The molecule has 0 radical (unpaired) electrons. The van der Waals surface area contributed by atoms with Gasteiger partial charge in [-0.3, -0.25) is 4.79 Å². The number of fused-ring (bicyclic) bond motifs is 1. The third kappa shape index (κ3) is 3.49. The van der Waals surface area contributed by atoms with Crippen LogP contribution in [0, 0.1) is 0 Å². The van der Waals surface area contributed by atoms with Crippen molar-refractivity contribution in [2.75, 3.05) is 6.61 Å². The number of carbonyl (C=O) groups excluding carboxylic acids is 1. The van der Waals surface area contributed by atoms with E-state index in [4.69, 9.17) is 14.5 Å². The van der Waals surface area contributed by atoms with Crippen LogP contribution in [-0.2, 0) is 14.3 Å². The minimum Gasteiger partial charge on any atom is -0.501 e. The SMILES string of the molecule is CCOC=C1CCC2=C(C1=O)C(c1ccccc1)C(c1nc3ccccc3s1)=C(C)O2. The number of benzene rings is 2. The first-order chi connectivity index (χ1) is 15.2. The van der Waals surface area contributed by atoms with Gasteiger partial charge < -0.3 is 9.47 Å². The summed E-state index contributed by atoms with van der Waals surface area (Å²) in [7, 11) is 0. The van der Waals surface area contributed by atoms with Crippen molar-refractivity contribution in [2.45, 2.75) is 32.6 Å². The Morgan fingerprint density at radius 2 is 1.87 bits per heavy atom. The molecule has 2 heterocycles. The summed E-state index contributed by atoms with van der Waals surface area (Å²) < 4.78 is 12.9.